The van der Waals surface area contributed by atoms with Crippen LogP contribution in [0, 0.1) is 0 Å². The van der Waals surface area contributed by atoms with Gasteiger partial charge in [-0.2, -0.15) is 13.2 Å². The van der Waals surface area contributed by atoms with Crippen molar-refractivity contribution in [3.63, 3.8) is 0 Å². The molecule has 0 aliphatic heterocycles. The molecule has 2 aromatic carbocycles. The van der Waals surface area contributed by atoms with Crippen LogP contribution in [0.2, 0.25) is 0 Å². The highest BCUT2D eigenvalue weighted by molar-refractivity contribution is 9.10. The number of nitrogens with zero attached hydrogens (tertiary/aromatic N) is 1. The van der Waals surface area contributed by atoms with Gasteiger partial charge in [0.1, 0.15) is 11.3 Å². The molecule has 0 saturated carbocycles. The highest BCUT2D eigenvalue weighted by Gasteiger charge is 2.31. The zero-order chi connectivity index (χ0) is 25.9. The van der Waals surface area contributed by atoms with Crippen molar-refractivity contribution in [3.05, 3.63) is 97.4 Å². The minimum Gasteiger partial charge on any atom is -0.348 e. The van der Waals surface area contributed by atoms with E-state index in [0.29, 0.717) is 21.8 Å². The Morgan fingerprint density at radius 2 is 1.71 bits per heavy atom. The van der Waals surface area contributed by atoms with Crippen LogP contribution in [0.3, 0.4) is 0 Å². The van der Waals surface area contributed by atoms with Crippen molar-refractivity contribution in [3.8, 4) is 5.69 Å². The van der Waals surface area contributed by atoms with Crippen molar-refractivity contribution in [2.45, 2.75) is 24.9 Å². The number of hydrogen-bond donors (Lipinski definition) is 2. The number of rotatable bonds is 7. The number of alkyl halides is 5. The predicted octanol–water partition coefficient (Wildman–Crippen LogP) is 5.21. The lowest BCUT2D eigenvalue weighted by molar-refractivity contribution is -0.137. The monoisotopic (exact) mass is 578 g/mol. The van der Waals surface area contributed by atoms with Gasteiger partial charge in [-0.05, 0) is 51.3 Å². The van der Waals surface area contributed by atoms with Gasteiger partial charge in [0.05, 0.1) is 11.3 Å². The first-order valence-electron chi connectivity index (χ1n) is 9.73. The third-order valence-electron chi connectivity index (χ3n) is 4.84. The van der Waals surface area contributed by atoms with E-state index in [9.17, 15) is 35.8 Å². The number of carbonyl (C=O) groups is 1. The Morgan fingerprint density at radius 3 is 2.29 bits per heavy atom. The molecule has 2 N–H and O–H groups in total. The summed E-state index contributed by atoms with van der Waals surface area (Å²) >= 11 is 0.871. The highest BCUT2D eigenvalue weighted by atomic mass is 79.9. The summed E-state index contributed by atoms with van der Waals surface area (Å²) in [7, 11) is 0. The molecule has 13 heteroatoms. The molecule has 1 aromatic heterocycles. The van der Waals surface area contributed by atoms with E-state index in [1.54, 1.807) is 24.3 Å². The first-order valence-corrected chi connectivity index (χ1v) is 11.8. The van der Waals surface area contributed by atoms with E-state index in [0.717, 1.165) is 24.3 Å². The lowest BCUT2D eigenvalue weighted by Gasteiger charge is -2.17. The molecule has 1 amide bonds. The van der Waals surface area contributed by atoms with Gasteiger partial charge in [0, 0.05) is 16.7 Å². The van der Waals surface area contributed by atoms with Crippen LogP contribution in [0.5, 0.6) is 0 Å². The fourth-order valence-corrected chi connectivity index (χ4v) is 4.27. The summed E-state index contributed by atoms with van der Waals surface area (Å²) in [4.78, 5) is 25.7. The lowest BCUT2D eigenvalue weighted by Crippen LogP contribution is -2.34. The Bertz CT molecular complexity index is 1330. The molecule has 0 aliphatic rings. The number of amides is 1. The van der Waals surface area contributed by atoms with E-state index in [-0.39, 0.29) is 16.8 Å². The summed E-state index contributed by atoms with van der Waals surface area (Å²) in [5, 5.41) is 2.46. The van der Waals surface area contributed by atoms with Gasteiger partial charge in [0.2, 0.25) is 0 Å². The third kappa shape index (κ3) is 6.41. The van der Waals surface area contributed by atoms with E-state index in [1.165, 1.54) is 0 Å². The van der Waals surface area contributed by atoms with Crippen LogP contribution in [0.4, 0.5) is 22.0 Å². The van der Waals surface area contributed by atoms with Crippen LogP contribution < -0.4 is 10.9 Å². The molecule has 1 heterocycles. The molecule has 0 spiro atoms. The first kappa shape index (κ1) is 26.7. The molecule has 1 unspecified atom stereocenters. The van der Waals surface area contributed by atoms with Crippen LogP contribution >= 0.6 is 15.9 Å². The van der Waals surface area contributed by atoms with Gasteiger partial charge in [-0.3, -0.25) is 14.2 Å². The van der Waals surface area contributed by atoms with E-state index >= 15 is 0 Å². The van der Waals surface area contributed by atoms with Crippen LogP contribution in [0.15, 0.2) is 63.9 Å². The average molecular weight is 579 g/mol. The van der Waals surface area contributed by atoms with Crippen molar-refractivity contribution in [1.29, 1.82) is 0 Å². The summed E-state index contributed by atoms with van der Waals surface area (Å²) in [6.07, 6.45) is -8.02. The summed E-state index contributed by atoms with van der Waals surface area (Å²) < 4.78 is 86.8. The largest absolute Gasteiger partial charge is 0.416 e. The summed E-state index contributed by atoms with van der Waals surface area (Å²) in [5.41, 5.74) is -3.16. The molecular weight excluding hydrogens is 563 g/mol. The fourth-order valence-electron chi connectivity index (χ4n) is 3.21. The summed E-state index contributed by atoms with van der Waals surface area (Å²) in [6, 6.07) is 10.5. The van der Waals surface area contributed by atoms with E-state index < -0.39 is 57.7 Å². The second kappa shape index (κ2) is 10.8. The molecule has 3 aromatic rings. The highest BCUT2D eigenvalue weighted by Crippen LogP contribution is 2.33. The maximum absolute atomic E-state index is 13.8. The fraction of sp³-hybridized carbons (Fsp3) is 0.182. The normalized spacial score (nSPS) is 12.6. The van der Waals surface area contributed by atoms with Gasteiger partial charge in [-0.1, -0.05) is 30.3 Å². The summed E-state index contributed by atoms with van der Waals surface area (Å²) in [6.45, 7) is -0.0709. The van der Waals surface area contributed by atoms with E-state index in [4.69, 9.17) is 4.55 Å². The van der Waals surface area contributed by atoms with Crippen molar-refractivity contribution < 1.29 is 35.5 Å². The van der Waals surface area contributed by atoms with Gasteiger partial charge in [-0.15, -0.1) is 0 Å². The van der Waals surface area contributed by atoms with Crippen molar-refractivity contribution >= 4 is 32.9 Å². The van der Waals surface area contributed by atoms with Gasteiger partial charge >= 0.3 is 6.18 Å². The minimum atomic E-state index is -4.78. The predicted molar refractivity (Wildman–Crippen MR) is 122 cm³/mol. The molecule has 0 fully saturated rings. The van der Waals surface area contributed by atoms with Crippen molar-refractivity contribution in [1.82, 2.24) is 9.88 Å². The number of pyridine rings is 1. The number of halogens is 6. The third-order valence-corrected chi connectivity index (χ3v) is 6.05. The summed E-state index contributed by atoms with van der Waals surface area (Å²) in [5.74, 6) is -1.01. The number of benzene rings is 2. The van der Waals surface area contributed by atoms with Gasteiger partial charge in [-0.25, -0.2) is 13.0 Å². The van der Waals surface area contributed by atoms with E-state index in [2.05, 4.69) is 21.2 Å². The van der Waals surface area contributed by atoms with Crippen LogP contribution in [-0.2, 0) is 29.6 Å². The zero-order valence-electron chi connectivity index (χ0n) is 17.5. The zero-order valence-corrected chi connectivity index (χ0v) is 19.9. The molecular formula is C22H16BrF5N2O4S. The Balaban J connectivity index is 1.97. The second-order valence-corrected chi connectivity index (χ2v) is 9.03. The first-order chi connectivity index (χ1) is 16.4. The molecule has 0 aliphatic carbocycles. The average Bonchev–Trinajstić information content (AvgIpc) is 2.78. The standard InChI is InChI=1S/C22H16BrF5N2O4S/c23-17-9-16(20(31)29-10-12-4-6-13(7-5-12)11-35(33)34)21(32)30(18(17)19(24)25)15-3-1-2-14(8-15)22(26,27)28/h1-9,19H,10-11H2,(H,29,31)(H,33,34). The van der Waals surface area contributed by atoms with Crippen LogP contribution in [0.1, 0.15) is 39.2 Å². The molecule has 35 heavy (non-hydrogen) atoms. The molecule has 0 bridgehead atoms. The molecule has 0 radical (unpaired) electrons. The molecule has 186 valence electrons. The van der Waals surface area contributed by atoms with E-state index in [1.807, 2.05) is 0 Å². The number of hydrogen-bond acceptors (Lipinski definition) is 3. The van der Waals surface area contributed by atoms with Crippen LogP contribution in [-0.4, -0.2) is 19.2 Å². The van der Waals surface area contributed by atoms with Gasteiger partial charge < -0.3 is 9.87 Å². The topological polar surface area (TPSA) is 88.4 Å². The van der Waals surface area contributed by atoms with Crippen molar-refractivity contribution in [2.75, 3.05) is 0 Å². The maximum atomic E-state index is 13.8. The molecule has 3 rings (SSSR count). The maximum Gasteiger partial charge on any atom is 0.416 e. The SMILES string of the molecule is O=C(NCc1ccc(CS(=O)O)cc1)c1cc(Br)c(C(F)F)n(-c2cccc(C(F)(F)F)c2)c1=O. The number of carbonyl (C=O) groups excluding carboxylic acids is 1. The van der Waals surface area contributed by atoms with Gasteiger partial charge in [0.15, 0.2) is 11.1 Å². The number of aromatic nitrogens is 1. The Morgan fingerprint density at radius 1 is 1.09 bits per heavy atom. The Kier molecular flexibility index (Phi) is 8.23. The number of nitrogens with one attached hydrogen (secondary N) is 1. The smallest absolute Gasteiger partial charge is 0.348 e. The Hall–Kier alpha value is -2.90. The molecule has 0 saturated heterocycles. The molecule has 6 nitrogen and oxygen atoms in total. The van der Waals surface area contributed by atoms with Gasteiger partial charge in [0.25, 0.3) is 17.9 Å². The minimum absolute atomic E-state index is 0.0709. The lowest BCUT2D eigenvalue weighted by atomic mass is 10.1. The van der Waals surface area contributed by atoms with Crippen LogP contribution in [0.25, 0.3) is 5.69 Å². The Labute approximate surface area is 206 Å². The molecule has 1 atom stereocenters. The van der Waals surface area contributed by atoms with Crippen molar-refractivity contribution in [2.24, 2.45) is 0 Å². The second-order valence-electron chi connectivity index (χ2n) is 7.25. The quantitative estimate of drug-likeness (QED) is 0.297.